The molecule has 1 aromatic carbocycles. The highest BCUT2D eigenvalue weighted by Gasteiger charge is 2.16. The molecule has 1 heterocycles. The molecule has 0 aliphatic carbocycles. The van der Waals surface area contributed by atoms with Crippen LogP contribution in [0.2, 0.25) is 0 Å². The summed E-state index contributed by atoms with van der Waals surface area (Å²) in [6.45, 7) is 6.17. The standard InChI is InChI=1S/C14H19NO/c1-11(2)12-4-3-5-13(10-12)15-8-6-14(16)7-9-15/h3-5,10-11H,6-9H2,1-2H3. The second-order valence-electron chi connectivity index (χ2n) is 4.78. The molecule has 0 unspecified atom stereocenters. The average molecular weight is 217 g/mol. The first kappa shape index (κ1) is 11.2. The minimum absolute atomic E-state index is 0.399. The molecule has 0 bridgehead atoms. The number of benzene rings is 1. The molecule has 0 spiro atoms. The van der Waals surface area contributed by atoms with Gasteiger partial charge in [0.25, 0.3) is 0 Å². The van der Waals surface area contributed by atoms with Crippen LogP contribution in [0.25, 0.3) is 0 Å². The quantitative estimate of drug-likeness (QED) is 0.759. The summed E-state index contributed by atoms with van der Waals surface area (Å²) in [5, 5.41) is 0. The van der Waals surface area contributed by atoms with Crippen molar-refractivity contribution in [3.8, 4) is 0 Å². The summed E-state index contributed by atoms with van der Waals surface area (Å²) < 4.78 is 0. The minimum atomic E-state index is 0.399. The molecule has 2 rings (SSSR count). The van der Waals surface area contributed by atoms with Crippen molar-refractivity contribution in [3.63, 3.8) is 0 Å². The zero-order valence-electron chi connectivity index (χ0n) is 10.1. The number of hydrogen-bond donors (Lipinski definition) is 0. The third-order valence-electron chi connectivity index (χ3n) is 3.22. The van der Waals surface area contributed by atoms with Crippen molar-refractivity contribution in [1.82, 2.24) is 0 Å². The monoisotopic (exact) mass is 217 g/mol. The summed E-state index contributed by atoms with van der Waals surface area (Å²) >= 11 is 0. The lowest BCUT2D eigenvalue weighted by atomic mass is 10.0. The van der Waals surface area contributed by atoms with Gasteiger partial charge in [-0.1, -0.05) is 26.0 Å². The van der Waals surface area contributed by atoms with Crippen LogP contribution in [0.3, 0.4) is 0 Å². The van der Waals surface area contributed by atoms with Gasteiger partial charge in [0.2, 0.25) is 0 Å². The highest BCUT2D eigenvalue weighted by atomic mass is 16.1. The van der Waals surface area contributed by atoms with Gasteiger partial charge in [-0.2, -0.15) is 0 Å². The topological polar surface area (TPSA) is 20.3 Å². The van der Waals surface area contributed by atoms with E-state index in [2.05, 4.69) is 43.0 Å². The van der Waals surface area contributed by atoms with Gasteiger partial charge >= 0.3 is 0 Å². The van der Waals surface area contributed by atoms with E-state index in [1.165, 1.54) is 11.3 Å². The highest BCUT2D eigenvalue weighted by Crippen LogP contribution is 2.23. The van der Waals surface area contributed by atoms with E-state index in [1.54, 1.807) is 0 Å². The van der Waals surface area contributed by atoms with Crippen LogP contribution in [-0.2, 0) is 4.79 Å². The van der Waals surface area contributed by atoms with Crippen molar-refractivity contribution in [2.75, 3.05) is 18.0 Å². The summed E-state index contributed by atoms with van der Waals surface area (Å²) in [4.78, 5) is 13.5. The van der Waals surface area contributed by atoms with Gasteiger partial charge in [-0.15, -0.1) is 0 Å². The van der Waals surface area contributed by atoms with Crippen LogP contribution in [0, 0.1) is 0 Å². The Bertz CT molecular complexity index is 374. The second-order valence-corrected chi connectivity index (χ2v) is 4.78. The number of ketones is 1. The predicted octanol–water partition coefficient (Wildman–Crippen LogP) is 2.98. The molecule has 1 saturated heterocycles. The number of rotatable bonds is 2. The molecule has 2 heteroatoms. The maximum Gasteiger partial charge on any atom is 0.136 e. The van der Waals surface area contributed by atoms with Crippen molar-refractivity contribution >= 4 is 11.5 Å². The van der Waals surface area contributed by atoms with E-state index in [9.17, 15) is 4.79 Å². The fourth-order valence-corrected chi connectivity index (χ4v) is 2.09. The Morgan fingerprint density at radius 2 is 1.88 bits per heavy atom. The van der Waals surface area contributed by atoms with Gasteiger partial charge in [-0.3, -0.25) is 4.79 Å². The van der Waals surface area contributed by atoms with E-state index in [0.717, 1.165) is 13.1 Å². The lowest BCUT2D eigenvalue weighted by Gasteiger charge is -2.28. The molecule has 0 amide bonds. The van der Waals surface area contributed by atoms with Gasteiger partial charge in [0.05, 0.1) is 0 Å². The molecule has 0 radical (unpaired) electrons. The number of piperidine rings is 1. The summed E-state index contributed by atoms with van der Waals surface area (Å²) in [6, 6.07) is 8.67. The van der Waals surface area contributed by atoms with E-state index in [4.69, 9.17) is 0 Å². The van der Waals surface area contributed by atoms with Gasteiger partial charge in [-0.25, -0.2) is 0 Å². The van der Waals surface area contributed by atoms with Crippen LogP contribution < -0.4 is 4.90 Å². The molecule has 2 nitrogen and oxygen atoms in total. The molecule has 1 aromatic rings. The van der Waals surface area contributed by atoms with Crippen LogP contribution in [0.5, 0.6) is 0 Å². The fourth-order valence-electron chi connectivity index (χ4n) is 2.09. The van der Waals surface area contributed by atoms with E-state index >= 15 is 0 Å². The summed E-state index contributed by atoms with van der Waals surface area (Å²) in [6.07, 6.45) is 1.40. The Morgan fingerprint density at radius 1 is 1.19 bits per heavy atom. The van der Waals surface area contributed by atoms with E-state index in [1.807, 2.05) is 0 Å². The first-order chi connectivity index (χ1) is 7.66. The zero-order valence-corrected chi connectivity index (χ0v) is 10.1. The van der Waals surface area contributed by atoms with Crippen molar-refractivity contribution in [2.24, 2.45) is 0 Å². The van der Waals surface area contributed by atoms with Gasteiger partial charge in [0.15, 0.2) is 0 Å². The first-order valence-corrected chi connectivity index (χ1v) is 6.03. The van der Waals surface area contributed by atoms with E-state index < -0.39 is 0 Å². The maximum absolute atomic E-state index is 11.2. The van der Waals surface area contributed by atoms with Crippen molar-refractivity contribution < 1.29 is 4.79 Å². The number of carbonyl (C=O) groups excluding carboxylic acids is 1. The number of hydrogen-bond acceptors (Lipinski definition) is 2. The summed E-state index contributed by atoms with van der Waals surface area (Å²) in [7, 11) is 0. The number of carbonyl (C=O) groups is 1. The van der Waals surface area contributed by atoms with Crippen LogP contribution in [-0.4, -0.2) is 18.9 Å². The van der Waals surface area contributed by atoms with Gasteiger partial charge in [-0.05, 0) is 23.6 Å². The molecule has 16 heavy (non-hydrogen) atoms. The Kier molecular flexibility index (Phi) is 3.28. The second kappa shape index (κ2) is 4.69. The molecule has 1 fully saturated rings. The minimum Gasteiger partial charge on any atom is -0.371 e. The smallest absolute Gasteiger partial charge is 0.136 e. The third-order valence-corrected chi connectivity index (χ3v) is 3.22. The Balaban J connectivity index is 2.14. The summed E-state index contributed by atoms with van der Waals surface area (Å²) in [5.74, 6) is 0.961. The highest BCUT2D eigenvalue weighted by molar-refractivity contribution is 5.81. The molecule has 0 saturated carbocycles. The van der Waals surface area contributed by atoms with Crippen LogP contribution >= 0.6 is 0 Å². The lowest BCUT2D eigenvalue weighted by molar-refractivity contribution is -0.119. The molecule has 1 aliphatic rings. The fraction of sp³-hybridized carbons (Fsp3) is 0.500. The van der Waals surface area contributed by atoms with Crippen LogP contribution in [0.15, 0.2) is 24.3 Å². The number of nitrogens with zero attached hydrogens (tertiary/aromatic N) is 1. The van der Waals surface area contributed by atoms with Crippen LogP contribution in [0.1, 0.15) is 38.2 Å². The molecule has 0 N–H and O–H groups in total. The Morgan fingerprint density at radius 3 is 2.50 bits per heavy atom. The molecule has 0 aromatic heterocycles. The molecule has 1 aliphatic heterocycles. The lowest BCUT2D eigenvalue weighted by Crippen LogP contribution is -2.33. The zero-order chi connectivity index (χ0) is 11.5. The summed E-state index contributed by atoms with van der Waals surface area (Å²) in [5.41, 5.74) is 2.63. The third kappa shape index (κ3) is 2.43. The normalized spacial score (nSPS) is 16.9. The van der Waals surface area contributed by atoms with Crippen molar-refractivity contribution in [3.05, 3.63) is 29.8 Å². The van der Waals surface area contributed by atoms with Crippen molar-refractivity contribution in [2.45, 2.75) is 32.6 Å². The van der Waals surface area contributed by atoms with E-state index in [-0.39, 0.29) is 0 Å². The van der Waals surface area contributed by atoms with Gasteiger partial charge in [0.1, 0.15) is 5.78 Å². The first-order valence-electron chi connectivity index (χ1n) is 6.03. The van der Waals surface area contributed by atoms with Crippen molar-refractivity contribution in [1.29, 1.82) is 0 Å². The van der Waals surface area contributed by atoms with E-state index in [0.29, 0.717) is 24.5 Å². The SMILES string of the molecule is CC(C)c1cccc(N2CCC(=O)CC2)c1. The average Bonchev–Trinajstić information content (AvgIpc) is 2.30. The van der Waals surface area contributed by atoms with Gasteiger partial charge in [0, 0.05) is 31.6 Å². The largest absolute Gasteiger partial charge is 0.371 e. The number of Topliss-reactive ketones (excluding diaryl/α,β-unsaturated/α-hetero) is 1. The number of anilines is 1. The van der Waals surface area contributed by atoms with Gasteiger partial charge < -0.3 is 4.90 Å². The molecular formula is C14H19NO. The Hall–Kier alpha value is -1.31. The molecule has 86 valence electrons. The van der Waals surface area contributed by atoms with Crippen LogP contribution in [0.4, 0.5) is 5.69 Å². The maximum atomic E-state index is 11.2. The Labute approximate surface area is 97.3 Å². The molecule has 0 atom stereocenters. The molecular weight excluding hydrogens is 198 g/mol. The predicted molar refractivity (Wildman–Crippen MR) is 67.0 cm³/mol.